The third-order valence-corrected chi connectivity index (χ3v) is 3.54. The average Bonchev–Trinajstić information content (AvgIpc) is 2.47. The molecule has 1 N–H and O–H groups in total. The fourth-order valence-electron chi connectivity index (χ4n) is 2.50. The molecule has 0 saturated carbocycles. The lowest BCUT2D eigenvalue weighted by Gasteiger charge is -2.26. The molecule has 2 aromatic carbocycles. The molecule has 0 amide bonds. The van der Waals surface area contributed by atoms with E-state index < -0.39 is 0 Å². The van der Waals surface area contributed by atoms with Gasteiger partial charge in [-0.3, -0.25) is 0 Å². The van der Waals surface area contributed by atoms with Gasteiger partial charge < -0.3 is 14.6 Å². The second-order valence-corrected chi connectivity index (χ2v) is 4.75. The van der Waals surface area contributed by atoms with Gasteiger partial charge in [0.15, 0.2) is 11.5 Å². The van der Waals surface area contributed by atoms with Crippen LogP contribution in [0.3, 0.4) is 0 Å². The van der Waals surface area contributed by atoms with Gasteiger partial charge in [-0.1, -0.05) is 30.3 Å². The summed E-state index contributed by atoms with van der Waals surface area (Å²) >= 11 is 0. The van der Waals surface area contributed by atoms with Crippen LogP contribution in [0.25, 0.3) is 0 Å². The molecule has 3 heteroatoms. The van der Waals surface area contributed by atoms with Crippen molar-refractivity contribution in [2.75, 3.05) is 13.7 Å². The van der Waals surface area contributed by atoms with Crippen molar-refractivity contribution in [2.24, 2.45) is 0 Å². The zero-order chi connectivity index (χ0) is 13.2. The minimum Gasteiger partial charge on any atom is -0.504 e. The highest BCUT2D eigenvalue weighted by atomic mass is 16.5. The highest BCUT2D eigenvalue weighted by Gasteiger charge is 2.23. The minimum absolute atomic E-state index is 0.124. The van der Waals surface area contributed by atoms with E-state index in [1.165, 1.54) is 5.56 Å². The van der Waals surface area contributed by atoms with E-state index in [0.29, 0.717) is 18.3 Å². The van der Waals surface area contributed by atoms with Crippen molar-refractivity contribution in [1.29, 1.82) is 0 Å². The van der Waals surface area contributed by atoms with Gasteiger partial charge in [-0.25, -0.2) is 0 Å². The molecular formula is C16H16O3. The Kier molecular flexibility index (Phi) is 3.03. The Balaban J connectivity index is 1.91. The van der Waals surface area contributed by atoms with Crippen molar-refractivity contribution in [2.45, 2.75) is 12.3 Å². The molecule has 1 aliphatic heterocycles. The van der Waals surface area contributed by atoms with Crippen LogP contribution in [0.15, 0.2) is 42.5 Å². The second kappa shape index (κ2) is 4.84. The van der Waals surface area contributed by atoms with Gasteiger partial charge in [0.25, 0.3) is 0 Å². The zero-order valence-corrected chi connectivity index (χ0v) is 10.8. The predicted octanol–water partition coefficient (Wildman–Crippen LogP) is 3.12. The Morgan fingerprint density at radius 2 is 2.00 bits per heavy atom. The van der Waals surface area contributed by atoms with Crippen LogP contribution in [-0.4, -0.2) is 18.8 Å². The van der Waals surface area contributed by atoms with Crippen molar-refractivity contribution in [1.82, 2.24) is 0 Å². The number of rotatable bonds is 2. The zero-order valence-electron chi connectivity index (χ0n) is 10.8. The number of ether oxygens (including phenoxy) is 2. The molecular weight excluding hydrogens is 240 g/mol. The van der Waals surface area contributed by atoms with Gasteiger partial charge in [-0.15, -0.1) is 0 Å². The molecule has 1 heterocycles. The SMILES string of the molecule is COc1cc2c(cc1O)OCC(c1ccccc1)C2. The summed E-state index contributed by atoms with van der Waals surface area (Å²) in [5.74, 6) is 1.73. The summed E-state index contributed by atoms with van der Waals surface area (Å²) in [6, 6.07) is 13.8. The van der Waals surface area contributed by atoms with Crippen LogP contribution in [-0.2, 0) is 6.42 Å². The Labute approximate surface area is 112 Å². The van der Waals surface area contributed by atoms with E-state index in [-0.39, 0.29) is 5.75 Å². The molecule has 1 atom stereocenters. The Hall–Kier alpha value is -2.16. The van der Waals surface area contributed by atoms with Gasteiger partial charge in [-0.05, 0) is 23.6 Å². The van der Waals surface area contributed by atoms with Crippen LogP contribution >= 0.6 is 0 Å². The molecule has 0 radical (unpaired) electrons. The van der Waals surface area contributed by atoms with Gasteiger partial charge in [0.2, 0.25) is 0 Å². The molecule has 98 valence electrons. The van der Waals surface area contributed by atoms with Crippen molar-refractivity contribution >= 4 is 0 Å². The van der Waals surface area contributed by atoms with E-state index in [9.17, 15) is 5.11 Å². The van der Waals surface area contributed by atoms with E-state index in [1.54, 1.807) is 13.2 Å². The van der Waals surface area contributed by atoms with E-state index in [1.807, 2.05) is 24.3 Å². The molecule has 0 fully saturated rings. The number of phenols is 1. The standard InChI is InChI=1S/C16H16O3/c1-18-16-8-12-7-13(11-5-3-2-4-6-11)10-19-15(12)9-14(16)17/h2-6,8-9,13,17H,7,10H2,1H3. The van der Waals surface area contributed by atoms with Crippen LogP contribution in [0.5, 0.6) is 17.2 Å². The Bertz CT molecular complexity index is 578. The first-order chi connectivity index (χ1) is 9.28. The molecule has 0 spiro atoms. The van der Waals surface area contributed by atoms with Crippen LogP contribution < -0.4 is 9.47 Å². The quantitative estimate of drug-likeness (QED) is 0.897. The summed E-state index contributed by atoms with van der Waals surface area (Å²) in [4.78, 5) is 0. The highest BCUT2D eigenvalue weighted by Crippen LogP contribution is 2.39. The van der Waals surface area contributed by atoms with E-state index in [4.69, 9.17) is 9.47 Å². The molecule has 19 heavy (non-hydrogen) atoms. The fourth-order valence-corrected chi connectivity index (χ4v) is 2.50. The topological polar surface area (TPSA) is 38.7 Å². The van der Waals surface area contributed by atoms with E-state index >= 15 is 0 Å². The maximum Gasteiger partial charge on any atom is 0.161 e. The average molecular weight is 256 g/mol. The lowest BCUT2D eigenvalue weighted by molar-refractivity contribution is 0.259. The molecule has 3 rings (SSSR count). The van der Waals surface area contributed by atoms with Crippen molar-refractivity contribution in [3.05, 3.63) is 53.6 Å². The predicted molar refractivity (Wildman–Crippen MR) is 73.0 cm³/mol. The van der Waals surface area contributed by atoms with Gasteiger partial charge in [-0.2, -0.15) is 0 Å². The molecule has 1 aliphatic rings. The first-order valence-corrected chi connectivity index (χ1v) is 6.35. The van der Waals surface area contributed by atoms with Crippen molar-refractivity contribution < 1.29 is 14.6 Å². The number of hydrogen-bond acceptors (Lipinski definition) is 3. The van der Waals surface area contributed by atoms with Gasteiger partial charge >= 0.3 is 0 Å². The first-order valence-electron chi connectivity index (χ1n) is 6.35. The number of benzene rings is 2. The maximum absolute atomic E-state index is 9.74. The van der Waals surface area contributed by atoms with Crippen LogP contribution in [0.4, 0.5) is 0 Å². The lowest BCUT2D eigenvalue weighted by Crippen LogP contribution is -2.19. The summed E-state index contributed by atoms with van der Waals surface area (Å²) in [6.07, 6.45) is 0.899. The van der Waals surface area contributed by atoms with Crippen LogP contribution in [0.2, 0.25) is 0 Å². The minimum atomic E-state index is 0.124. The summed E-state index contributed by atoms with van der Waals surface area (Å²) in [5, 5.41) is 9.74. The Morgan fingerprint density at radius 3 is 2.74 bits per heavy atom. The molecule has 2 aromatic rings. The second-order valence-electron chi connectivity index (χ2n) is 4.75. The normalized spacial score (nSPS) is 17.4. The first kappa shape index (κ1) is 11.9. The van der Waals surface area contributed by atoms with Crippen molar-refractivity contribution in [3.63, 3.8) is 0 Å². The van der Waals surface area contributed by atoms with Crippen molar-refractivity contribution in [3.8, 4) is 17.2 Å². The smallest absolute Gasteiger partial charge is 0.161 e. The van der Waals surface area contributed by atoms with Crippen LogP contribution in [0.1, 0.15) is 17.0 Å². The van der Waals surface area contributed by atoms with Gasteiger partial charge in [0.1, 0.15) is 5.75 Å². The lowest BCUT2D eigenvalue weighted by atomic mass is 9.90. The summed E-state index contributed by atoms with van der Waals surface area (Å²) in [5.41, 5.74) is 2.36. The number of aromatic hydroxyl groups is 1. The third kappa shape index (κ3) is 2.24. The number of fused-ring (bicyclic) bond motifs is 1. The van der Waals surface area contributed by atoms with Gasteiger partial charge in [0.05, 0.1) is 13.7 Å². The summed E-state index contributed by atoms with van der Waals surface area (Å²) in [7, 11) is 1.56. The Morgan fingerprint density at radius 1 is 1.21 bits per heavy atom. The summed E-state index contributed by atoms with van der Waals surface area (Å²) < 4.78 is 10.9. The maximum atomic E-state index is 9.74. The molecule has 0 bridgehead atoms. The highest BCUT2D eigenvalue weighted by molar-refractivity contribution is 5.51. The van der Waals surface area contributed by atoms with E-state index in [0.717, 1.165) is 17.7 Å². The fraction of sp³-hybridized carbons (Fsp3) is 0.250. The van der Waals surface area contributed by atoms with Crippen LogP contribution in [0, 0.1) is 0 Å². The number of methoxy groups -OCH3 is 1. The molecule has 1 unspecified atom stereocenters. The molecule has 0 saturated heterocycles. The number of hydrogen-bond donors (Lipinski definition) is 1. The molecule has 0 aliphatic carbocycles. The largest absolute Gasteiger partial charge is 0.504 e. The monoisotopic (exact) mass is 256 g/mol. The summed E-state index contributed by atoms with van der Waals surface area (Å²) in [6.45, 7) is 0.642. The molecule has 3 nitrogen and oxygen atoms in total. The van der Waals surface area contributed by atoms with Gasteiger partial charge in [0, 0.05) is 12.0 Å². The number of phenolic OH excluding ortho intramolecular Hbond substituents is 1. The van der Waals surface area contributed by atoms with E-state index in [2.05, 4.69) is 12.1 Å². The third-order valence-electron chi connectivity index (χ3n) is 3.54. The molecule has 0 aromatic heterocycles.